The topological polar surface area (TPSA) is 95.1 Å². The zero-order valence-electron chi connectivity index (χ0n) is 24.1. The van der Waals surface area contributed by atoms with Gasteiger partial charge in [0.15, 0.2) is 6.10 Å². The van der Waals surface area contributed by atoms with Crippen LogP contribution in [0.1, 0.15) is 38.0 Å². The number of benzene rings is 3. The lowest BCUT2D eigenvalue weighted by Gasteiger charge is -2.28. The van der Waals surface area contributed by atoms with Crippen LogP contribution in [-0.2, 0) is 23.6 Å². The van der Waals surface area contributed by atoms with Crippen LogP contribution in [0.3, 0.4) is 0 Å². The van der Waals surface area contributed by atoms with Crippen molar-refractivity contribution in [3.8, 4) is 33.2 Å². The van der Waals surface area contributed by atoms with Crippen LogP contribution in [0.25, 0.3) is 54.3 Å². The summed E-state index contributed by atoms with van der Waals surface area (Å²) < 4.78 is 10.8. The zero-order chi connectivity index (χ0) is 29.9. The third kappa shape index (κ3) is 5.08. The molecule has 1 unspecified atom stereocenters. The molecule has 3 heterocycles. The Balaban J connectivity index is 1.53. The number of imidazole rings is 1. The van der Waals surface area contributed by atoms with E-state index in [0.717, 1.165) is 59.9 Å². The van der Waals surface area contributed by atoms with Crippen molar-refractivity contribution < 1.29 is 14.6 Å². The fourth-order valence-corrected chi connectivity index (χ4v) is 6.49. The molecule has 10 heteroatoms. The summed E-state index contributed by atoms with van der Waals surface area (Å²) in [6.07, 6.45) is 2.65. The van der Waals surface area contributed by atoms with Gasteiger partial charge in [-0.1, -0.05) is 23.7 Å². The van der Waals surface area contributed by atoms with E-state index >= 15 is 0 Å². The van der Waals surface area contributed by atoms with Gasteiger partial charge in [0, 0.05) is 47.4 Å². The maximum atomic E-state index is 12.6. The SMILES string of the molecule is Cc1cc2nc(-c3cn(C)c(-c4ccc5c(cnn5C)c4)n3)sc2c(-c2ccc(Cl)cc2)c1C(OC(C)(C)C)C(=O)O. The Morgan fingerprint density at radius 2 is 1.76 bits per heavy atom. The van der Waals surface area contributed by atoms with Crippen molar-refractivity contribution in [3.63, 3.8) is 0 Å². The number of fused-ring (bicyclic) bond motifs is 2. The summed E-state index contributed by atoms with van der Waals surface area (Å²) in [7, 11) is 3.89. The lowest BCUT2D eigenvalue weighted by Crippen LogP contribution is -2.28. The van der Waals surface area contributed by atoms with E-state index in [0.29, 0.717) is 10.6 Å². The minimum absolute atomic E-state index is 0.598. The smallest absolute Gasteiger partial charge is 0.337 e. The maximum Gasteiger partial charge on any atom is 0.337 e. The van der Waals surface area contributed by atoms with Gasteiger partial charge >= 0.3 is 5.97 Å². The minimum Gasteiger partial charge on any atom is -0.479 e. The molecule has 0 aliphatic carbocycles. The van der Waals surface area contributed by atoms with Crippen molar-refractivity contribution in [1.29, 1.82) is 0 Å². The van der Waals surface area contributed by atoms with E-state index in [2.05, 4.69) is 11.2 Å². The third-order valence-corrected chi connectivity index (χ3v) is 8.48. The molecule has 0 spiro atoms. The van der Waals surface area contributed by atoms with Gasteiger partial charge in [-0.25, -0.2) is 14.8 Å². The second-order valence-corrected chi connectivity index (χ2v) is 12.8. The standard InChI is InChI=1S/C32H30ClN5O3S/c1-17-13-22-28(26(18-7-10-21(33)11-8-18)25(17)27(31(39)40)41-32(2,3)4)42-30(36-22)23-16-37(5)29(35-23)19-9-12-24-20(14-19)15-34-38(24)6/h7-16,27H,1-6H3,(H,39,40). The van der Waals surface area contributed by atoms with Gasteiger partial charge in [-0.2, -0.15) is 5.10 Å². The lowest BCUT2D eigenvalue weighted by molar-refractivity contribution is -0.160. The molecule has 0 bridgehead atoms. The van der Waals surface area contributed by atoms with Crippen molar-refractivity contribution >= 4 is 50.0 Å². The zero-order valence-corrected chi connectivity index (χ0v) is 25.7. The number of carboxylic acid groups (broad SMARTS) is 1. The number of halogens is 1. The van der Waals surface area contributed by atoms with Gasteiger partial charge in [0.05, 0.1) is 27.5 Å². The number of nitrogens with zero attached hydrogens (tertiary/aromatic N) is 5. The van der Waals surface area contributed by atoms with Gasteiger partial charge in [0.2, 0.25) is 0 Å². The first-order chi connectivity index (χ1) is 19.9. The van der Waals surface area contributed by atoms with Gasteiger partial charge in [-0.15, -0.1) is 11.3 Å². The molecular weight excluding hydrogens is 570 g/mol. The predicted molar refractivity (Wildman–Crippen MR) is 168 cm³/mol. The van der Waals surface area contributed by atoms with E-state index in [4.69, 9.17) is 26.3 Å². The van der Waals surface area contributed by atoms with Crippen LogP contribution in [0.15, 0.2) is 60.9 Å². The Bertz CT molecular complexity index is 1980. The number of carboxylic acids is 1. The van der Waals surface area contributed by atoms with Crippen molar-refractivity contribution in [1.82, 2.24) is 24.3 Å². The molecule has 0 saturated carbocycles. The second kappa shape index (κ2) is 10.3. The second-order valence-electron chi connectivity index (χ2n) is 11.4. The lowest BCUT2D eigenvalue weighted by atomic mass is 9.91. The molecule has 0 radical (unpaired) electrons. The van der Waals surface area contributed by atoms with E-state index in [1.807, 2.05) is 93.8 Å². The van der Waals surface area contributed by atoms with Crippen LogP contribution in [0.5, 0.6) is 0 Å². The summed E-state index contributed by atoms with van der Waals surface area (Å²) in [6, 6.07) is 15.5. The molecule has 0 fully saturated rings. The van der Waals surface area contributed by atoms with E-state index in [1.165, 1.54) is 11.3 Å². The first-order valence-electron chi connectivity index (χ1n) is 13.5. The first kappa shape index (κ1) is 28.1. The average molecular weight is 600 g/mol. The van der Waals surface area contributed by atoms with Crippen molar-refractivity contribution in [2.45, 2.75) is 39.4 Å². The highest BCUT2D eigenvalue weighted by atomic mass is 35.5. The molecule has 0 saturated heterocycles. The fraction of sp³-hybridized carbons (Fsp3) is 0.250. The van der Waals surface area contributed by atoms with Crippen LogP contribution in [0.4, 0.5) is 0 Å². The van der Waals surface area contributed by atoms with Gasteiger partial charge < -0.3 is 14.4 Å². The summed E-state index contributed by atoms with van der Waals surface area (Å²) in [5.74, 6) is -0.235. The molecule has 0 aliphatic heterocycles. The molecule has 3 aromatic heterocycles. The summed E-state index contributed by atoms with van der Waals surface area (Å²) in [6.45, 7) is 7.47. The minimum atomic E-state index is -1.17. The van der Waals surface area contributed by atoms with Crippen molar-refractivity contribution in [3.05, 3.63) is 77.1 Å². The Kier molecular flexibility index (Phi) is 6.92. The normalized spacial score (nSPS) is 12.8. The van der Waals surface area contributed by atoms with Gasteiger partial charge in [-0.3, -0.25) is 4.68 Å². The number of hydrogen-bond donors (Lipinski definition) is 1. The maximum absolute atomic E-state index is 12.6. The van der Waals surface area contributed by atoms with Crippen LogP contribution in [-0.4, -0.2) is 41.0 Å². The number of carbonyl (C=O) groups is 1. The summed E-state index contributed by atoms with van der Waals surface area (Å²) in [5.41, 5.74) is 5.87. The molecule has 8 nitrogen and oxygen atoms in total. The molecule has 1 atom stereocenters. The quantitative estimate of drug-likeness (QED) is 0.210. The van der Waals surface area contributed by atoms with E-state index < -0.39 is 17.7 Å². The molecule has 0 aliphatic rings. The number of aliphatic carboxylic acids is 1. The Morgan fingerprint density at radius 1 is 1.05 bits per heavy atom. The molecule has 42 heavy (non-hydrogen) atoms. The fourth-order valence-electron chi connectivity index (χ4n) is 5.29. The van der Waals surface area contributed by atoms with Crippen LogP contribution < -0.4 is 0 Å². The number of thiazole rings is 1. The summed E-state index contributed by atoms with van der Waals surface area (Å²) in [4.78, 5) is 22.6. The first-order valence-corrected chi connectivity index (χ1v) is 14.7. The molecular formula is C32H30ClN5O3S. The molecule has 6 rings (SSSR count). The largest absolute Gasteiger partial charge is 0.479 e. The molecule has 1 N–H and O–H groups in total. The Morgan fingerprint density at radius 3 is 2.45 bits per heavy atom. The average Bonchev–Trinajstić information content (AvgIpc) is 3.63. The van der Waals surface area contributed by atoms with Crippen LogP contribution in [0, 0.1) is 6.92 Å². The number of ether oxygens (including phenoxy) is 1. The molecule has 0 amide bonds. The van der Waals surface area contributed by atoms with Gasteiger partial charge in [-0.05, 0) is 75.2 Å². The number of hydrogen-bond acceptors (Lipinski definition) is 6. The number of rotatable bonds is 6. The highest BCUT2D eigenvalue weighted by Gasteiger charge is 2.32. The van der Waals surface area contributed by atoms with Gasteiger partial charge in [0.25, 0.3) is 0 Å². The van der Waals surface area contributed by atoms with E-state index in [9.17, 15) is 9.90 Å². The summed E-state index contributed by atoms with van der Waals surface area (Å²) >= 11 is 7.72. The predicted octanol–water partition coefficient (Wildman–Crippen LogP) is 7.82. The van der Waals surface area contributed by atoms with E-state index in [1.54, 1.807) is 12.1 Å². The highest BCUT2D eigenvalue weighted by Crippen LogP contribution is 2.44. The number of aromatic nitrogens is 5. The van der Waals surface area contributed by atoms with Gasteiger partial charge in [0.1, 0.15) is 16.5 Å². The highest BCUT2D eigenvalue weighted by molar-refractivity contribution is 7.22. The number of aryl methyl sites for hydroxylation is 3. The Hall–Kier alpha value is -4.05. The summed E-state index contributed by atoms with van der Waals surface area (Å²) in [5, 5.41) is 17.1. The van der Waals surface area contributed by atoms with Crippen molar-refractivity contribution in [2.75, 3.05) is 0 Å². The molecule has 214 valence electrons. The van der Waals surface area contributed by atoms with Crippen LogP contribution >= 0.6 is 22.9 Å². The third-order valence-electron chi connectivity index (χ3n) is 7.12. The van der Waals surface area contributed by atoms with Crippen molar-refractivity contribution in [2.24, 2.45) is 14.1 Å². The van der Waals surface area contributed by atoms with Crippen LogP contribution in [0.2, 0.25) is 5.02 Å². The monoisotopic (exact) mass is 599 g/mol. The Labute approximate surface area is 252 Å². The molecule has 6 aromatic rings. The van der Waals surface area contributed by atoms with E-state index in [-0.39, 0.29) is 0 Å². The molecule has 3 aromatic carbocycles.